The van der Waals surface area contributed by atoms with Gasteiger partial charge in [0.2, 0.25) is 0 Å². The van der Waals surface area contributed by atoms with Crippen molar-refractivity contribution < 1.29 is 4.39 Å². The molecule has 0 spiro atoms. The lowest BCUT2D eigenvalue weighted by molar-refractivity contribution is 0.106. The molecule has 0 unspecified atom stereocenters. The molecule has 1 saturated heterocycles. The molecule has 1 aliphatic heterocycles. The number of aromatic amines is 1. The molecule has 23 heavy (non-hydrogen) atoms. The first-order valence-electron chi connectivity index (χ1n) is 7.54. The normalized spacial score (nSPS) is 16.3. The van der Waals surface area contributed by atoms with Gasteiger partial charge >= 0.3 is 0 Å². The number of alkyl halides is 1. The molecule has 4 rings (SSSR count). The molecule has 1 fully saturated rings. The summed E-state index contributed by atoms with van der Waals surface area (Å²) in [7, 11) is 0. The highest BCUT2D eigenvalue weighted by Crippen LogP contribution is 2.24. The van der Waals surface area contributed by atoms with E-state index >= 15 is 0 Å². The van der Waals surface area contributed by atoms with Crippen molar-refractivity contribution in [1.29, 1.82) is 0 Å². The van der Waals surface area contributed by atoms with E-state index in [-0.39, 0.29) is 6.54 Å². The first kappa shape index (κ1) is 14.1. The Morgan fingerprint density at radius 2 is 2.17 bits per heavy atom. The fourth-order valence-corrected chi connectivity index (χ4v) is 2.67. The van der Waals surface area contributed by atoms with Crippen LogP contribution < -0.4 is 10.6 Å². The smallest absolute Gasteiger partial charge is 0.152 e. The standard InChI is InChI=1S/C16H17FN6/c1-10-12-4-11(2-3-13(12)23-22-10)14-5-18-6-15(21-14)20-9-16(17)7-19-8-16/h2-6,19H,7-9H2,1H3,(H,20,21)(H,22,23). The molecular weight excluding hydrogens is 295 g/mol. The van der Waals surface area contributed by atoms with Gasteiger partial charge in [-0.25, -0.2) is 9.37 Å². The number of aromatic nitrogens is 4. The lowest BCUT2D eigenvalue weighted by atomic mass is 10.00. The molecule has 3 aromatic rings. The third-order valence-electron chi connectivity index (χ3n) is 4.15. The van der Waals surface area contributed by atoms with Crippen LogP contribution in [0.5, 0.6) is 0 Å². The SMILES string of the molecule is Cc1n[nH]c2ccc(-c3cncc(NCC4(F)CNC4)n3)cc12. The lowest BCUT2D eigenvalue weighted by Crippen LogP contribution is -2.59. The van der Waals surface area contributed by atoms with E-state index in [2.05, 4.69) is 30.8 Å². The number of rotatable bonds is 4. The number of hydrogen-bond acceptors (Lipinski definition) is 5. The monoisotopic (exact) mass is 312 g/mol. The van der Waals surface area contributed by atoms with Gasteiger partial charge in [0, 0.05) is 24.0 Å². The molecule has 7 heteroatoms. The highest BCUT2D eigenvalue weighted by molar-refractivity contribution is 5.85. The molecule has 0 radical (unpaired) electrons. The fraction of sp³-hybridized carbons (Fsp3) is 0.312. The lowest BCUT2D eigenvalue weighted by Gasteiger charge is -2.35. The van der Waals surface area contributed by atoms with Crippen LogP contribution >= 0.6 is 0 Å². The third-order valence-corrected chi connectivity index (χ3v) is 4.15. The number of anilines is 1. The van der Waals surface area contributed by atoms with Gasteiger partial charge < -0.3 is 10.6 Å². The van der Waals surface area contributed by atoms with Crippen molar-refractivity contribution in [2.24, 2.45) is 0 Å². The zero-order chi connectivity index (χ0) is 15.9. The Bertz CT molecular complexity index is 855. The van der Waals surface area contributed by atoms with Gasteiger partial charge in [-0.15, -0.1) is 0 Å². The van der Waals surface area contributed by atoms with Crippen LogP contribution in [0.3, 0.4) is 0 Å². The van der Waals surface area contributed by atoms with Crippen LogP contribution in [0.15, 0.2) is 30.6 Å². The van der Waals surface area contributed by atoms with Gasteiger partial charge in [-0.05, 0) is 19.1 Å². The molecule has 1 aromatic carbocycles. The molecular formula is C16H17FN6. The Morgan fingerprint density at radius 3 is 2.96 bits per heavy atom. The summed E-state index contributed by atoms with van der Waals surface area (Å²) >= 11 is 0. The number of nitrogens with zero attached hydrogens (tertiary/aromatic N) is 3. The summed E-state index contributed by atoms with van der Waals surface area (Å²) in [6, 6.07) is 5.98. The maximum absolute atomic E-state index is 14.0. The summed E-state index contributed by atoms with van der Waals surface area (Å²) in [5.41, 5.74) is 2.45. The Kier molecular flexibility index (Phi) is 3.23. The number of aryl methyl sites for hydroxylation is 1. The average molecular weight is 312 g/mol. The second kappa shape index (κ2) is 5.27. The van der Waals surface area contributed by atoms with E-state index < -0.39 is 5.67 Å². The van der Waals surface area contributed by atoms with Gasteiger partial charge in [-0.3, -0.25) is 10.1 Å². The van der Waals surface area contributed by atoms with Crippen LogP contribution in [0.1, 0.15) is 5.69 Å². The predicted octanol–water partition coefficient (Wildman–Crippen LogP) is 2.05. The summed E-state index contributed by atoms with van der Waals surface area (Å²) < 4.78 is 14.0. The maximum atomic E-state index is 14.0. The summed E-state index contributed by atoms with van der Waals surface area (Å²) in [5, 5.41) is 14.2. The quantitative estimate of drug-likeness (QED) is 0.687. The summed E-state index contributed by atoms with van der Waals surface area (Å²) in [6.45, 7) is 2.95. The molecule has 0 saturated carbocycles. The van der Waals surface area contributed by atoms with Gasteiger partial charge in [-0.1, -0.05) is 6.07 Å². The topological polar surface area (TPSA) is 78.5 Å². The van der Waals surface area contributed by atoms with Crippen LogP contribution in [0.2, 0.25) is 0 Å². The number of H-pyrrole nitrogens is 1. The van der Waals surface area contributed by atoms with Crippen molar-refractivity contribution in [2.75, 3.05) is 25.0 Å². The van der Waals surface area contributed by atoms with Crippen molar-refractivity contribution in [1.82, 2.24) is 25.5 Å². The molecule has 0 aliphatic carbocycles. The van der Waals surface area contributed by atoms with E-state index in [1.54, 1.807) is 12.4 Å². The van der Waals surface area contributed by atoms with Gasteiger partial charge in [0.05, 0.1) is 35.8 Å². The van der Waals surface area contributed by atoms with Gasteiger partial charge in [0.1, 0.15) is 5.82 Å². The number of nitrogens with one attached hydrogen (secondary N) is 3. The Hall–Kier alpha value is -2.54. The minimum Gasteiger partial charge on any atom is -0.365 e. The van der Waals surface area contributed by atoms with E-state index in [0.29, 0.717) is 18.9 Å². The van der Waals surface area contributed by atoms with Gasteiger partial charge in [0.15, 0.2) is 5.67 Å². The van der Waals surface area contributed by atoms with Crippen LogP contribution in [0.25, 0.3) is 22.2 Å². The molecule has 3 N–H and O–H groups in total. The van der Waals surface area contributed by atoms with Crippen molar-refractivity contribution in [3.05, 3.63) is 36.3 Å². The Morgan fingerprint density at radius 1 is 1.30 bits per heavy atom. The second-order valence-corrected chi connectivity index (χ2v) is 5.97. The maximum Gasteiger partial charge on any atom is 0.152 e. The average Bonchev–Trinajstić information content (AvgIpc) is 2.92. The van der Waals surface area contributed by atoms with Crippen molar-refractivity contribution in [2.45, 2.75) is 12.6 Å². The Labute approximate surface area is 132 Å². The number of halogens is 1. The zero-order valence-electron chi connectivity index (χ0n) is 12.7. The van der Waals surface area contributed by atoms with Crippen LogP contribution in [0, 0.1) is 6.92 Å². The van der Waals surface area contributed by atoms with Crippen LogP contribution in [-0.4, -0.2) is 45.5 Å². The minimum absolute atomic E-state index is 0.234. The highest BCUT2D eigenvalue weighted by atomic mass is 19.1. The first-order chi connectivity index (χ1) is 11.1. The van der Waals surface area contributed by atoms with E-state index in [1.165, 1.54) is 0 Å². The minimum atomic E-state index is -1.19. The predicted molar refractivity (Wildman–Crippen MR) is 87.1 cm³/mol. The van der Waals surface area contributed by atoms with E-state index in [1.807, 2.05) is 25.1 Å². The molecule has 6 nitrogen and oxygen atoms in total. The van der Waals surface area contributed by atoms with E-state index in [0.717, 1.165) is 27.9 Å². The van der Waals surface area contributed by atoms with Crippen LogP contribution in [0.4, 0.5) is 10.2 Å². The van der Waals surface area contributed by atoms with Crippen molar-refractivity contribution in [3.8, 4) is 11.3 Å². The molecule has 2 aromatic heterocycles. The molecule has 1 aliphatic rings. The molecule has 3 heterocycles. The highest BCUT2D eigenvalue weighted by Gasteiger charge is 2.36. The number of benzene rings is 1. The van der Waals surface area contributed by atoms with Crippen molar-refractivity contribution in [3.63, 3.8) is 0 Å². The second-order valence-electron chi connectivity index (χ2n) is 5.97. The summed E-state index contributed by atoms with van der Waals surface area (Å²) in [5.74, 6) is 0.579. The summed E-state index contributed by atoms with van der Waals surface area (Å²) in [4.78, 5) is 8.74. The molecule has 0 amide bonds. The van der Waals surface area contributed by atoms with Crippen molar-refractivity contribution >= 4 is 16.7 Å². The molecule has 0 bridgehead atoms. The fourth-order valence-electron chi connectivity index (χ4n) is 2.67. The van der Waals surface area contributed by atoms with Gasteiger partial charge in [0.25, 0.3) is 0 Å². The summed E-state index contributed by atoms with van der Waals surface area (Å²) in [6.07, 6.45) is 3.32. The zero-order valence-corrected chi connectivity index (χ0v) is 12.7. The third kappa shape index (κ3) is 2.63. The van der Waals surface area contributed by atoms with Gasteiger partial charge in [-0.2, -0.15) is 5.10 Å². The van der Waals surface area contributed by atoms with E-state index in [4.69, 9.17) is 0 Å². The van der Waals surface area contributed by atoms with Crippen LogP contribution in [-0.2, 0) is 0 Å². The number of hydrogen-bond donors (Lipinski definition) is 3. The Balaban J connectivity index is 1.60. The first-order valence-corrected chi connectivity index (χ1v) is 7.54. The number of fused-ring (bicyclic) bond motifs is 1. The largest absolute Gasteiger partial charge is 0.365 e. The molecule has 118 valence electrons. The molecule has 0 atom stereocenters. The van der Waals surface area contributed by atoms with E-state index in [9.17, 15) is 4.39 Å².